The number of hydrogen-bond donors (Lipinski definition) is 1. The van der Waals surface area contributed by atoms with Gasteiger partial charge in [-0.15, -0.1) is 0 Å². The zero-order chi connectivity index (χ0) is 17.1. The van der Waals surface area contributed by atoms with Gasteiger partial charge in [-0.3, -0.25) is 14.0 Å². The summed E-state index contributed by atoms with van der Waals surface area (Å²) >= 11 is 0. The molecule has 1 aliphatic rings. The van der Waals surface area contributed by atoms with Crippen LogP contribution in [-0.4, -0.2) is 44.2 Å². The molecule has 0 aromatic carbocycles. The maximum atomic E-state index is 12.3. The van der Waals surface area contributed by atoms with Gasteiger partial charge in [0.2, 0.25) is 17.6 Å². The highest BCUT2D eigenvalue weighted by Gasteiger charge is 2.26. The summed E-state index contributed by atoms with van der Waals surface area (Å²) in [4.78, 5) is 34.3. The van der Waals surface area contributed by atoms with E-state index >= 15 is 0 Å². The van der Waals surface area contributed by atoms with Crippen LogP contribution in [0.2, 0.25) is 0 Å². The largest absolute Gasteiger partial charge is 0.350 e. The number of aromatic nitrogens is 3. The molecule has 0 spiro atoms. The van der Waals surface area contributed by atoms with Gasteiger partial charge in [0.05, 0.1) is 12.2 Å². The van der Waals surface area contributed by atoms with Crippen LogP contribution >= 0.6 is 0 Å². The molecule has 126 valence electrons. The fourth-order valence-electron chi connectivity index (χ4n) is 2.91. The fraction of sp³-hybridized carbons (Fsp3) is 0.412. The van der Waals surface area contributed by atoms with Crippen molar-refractivity contribution in [1.29, 1.82) is 0 Å². The van der Waals surface area contributed by atoms with Crippen molar-refractivity contribution in [2.45, 2.75) is 26.3 Å². The normalized spacial score (nSPS) is 15.5. The SMILES string of the molecule is C=CC(=O)N1CCC(C(=O)NCc2cn3ccc(C)nc3n2)CC1. The molecule has 3 rings (SSSR count). The van der Waals surface area contributed by atoms with Crippen LogP contribution in [0.15, 0.2) is 31.1 Å². The molecule has 24 heavy (non-hydrogen) atoms. The van der Waals surface area contributed by atoms with E-state index in [-0.39, 0.29) is 17.7 Å². The van der Waals surface area contributed by atoms with Crippen molar-refractivity contribution >= 4 is 17.6 Å². The molecule has 1 aliphatic heterocycles. The summed E-state index contributed by atoms with van der Waals surface area (Å²) in [6, 6.07) is 1.91. The van der Waals surface area contributed by atoms with Gasteiger partial charge in [0.15, 0.2) is 0 Å². The zero-order valence-corrected chi connectivity index (χ0v) is 13.7. The molecule has 7 nitrogen and oxygen atoms in total. The third-order valence-electron chi connectivity index (χ3n) is 4.31. The molecule has 0 aliphatic carbocycles. The first-order chi connectivity index (χ1) is 11.6. The number of fused-ring (bicyclic) bond motifs is 1. The topological polar surface area (TPSA) is 79.6 Å². The van der Waals surface area contributed by atoms with Gasteiger partial charge in [0, 0.05) is 37.1 Å². The Kier molecular flexibility index (Phi) is 4.59. The summed E-state index contributed by atoms with van der Waals surface area (Å²) < 4.78 is 1.84. The second-order valence-electron chi connectivity index (χ2n) is 6.03. The number of hydrogen-bond acceptors (Lipinski definition) is 4. The number of aryl methyl sites for hydroxylation is 1. The molecular formula is C17H21N5O2. The first-order valence-corrected chi connectivity index (χ1v) is 8.07. The van der Waals surface area contributed by atoms with Crippen molar-refractivity contribution in [2.24, 2.45) is 5.92 Å². The monoisotopic (exact) mass is 327 g/mol. The summed E-state index contributed by atoms with van der Waals surface area (Å²) in [5.41, 5.74) is 1.69. The molecule has 0 saturated carbocycles. The molecule has 2 amide bonds. The predicted octanol–water partition coefficient (Wildman–Crippen LogP) is 1.08. The minimum Gasteiger partial charge on any atom is -0.350 e. The standard InChI is InChI=1S/C17H21N5O2/c1-3-15(23)21-8-5-13(6-9-21)16(24)18-10-14-11-22-7-4-12(2)19-17(22)20-14/h3-4,7,11,13H,1,5-6,8-10H2,2H3,(H,18,24). The number of rotatable bonds is 4. The van der Waals surface area contributed by atoms with Gasteiger partial charge in [-0.1, -0.05) is 6.58 Å². The van der Waals surface area contributed by atoms with Crippen LogP contribution in [0, 0.1) is 12.8 Å². The van der Waals surface area contributed by atoms with E-state index in [1.54, 1.807) is 4.90 Å². The molecular weight excluding hydrogens is 306 g/mol. The van der Waals surface area contributed by atoms with E-state index in [0.717, 1.165) is 11.4 Å². The quantitative estimate of drug-likeness (QED) is 0.852. The number of likely N-dealkylation sites (tertiary alicyclic amines) is 1. The van der Waals surface area contributed by atoms with E-state index in [9.17, 15) is 9.59 Å². The van der Waals surface area contributed by atoms with Crippen molar-refractivity contribution in [3.63, 3.8) is 0 Å². The van der Waals surface area contributed by atoms with Crippen LogP contribution in [0.1, 0.15) is 24.2 Å². The highest BCUT2D eigenvalue weighted by atomic mass is 16.2. The van der Waals surface area contributed by atoms with Gasteiger partial charge in [-0.25, -0.2) is 9.97 Å². The molecule has 1 N–H and O–H groups in total. The minimum absolute atomic E-state index is 0.0156. The number of nitrogens with one attached hydrogen (secondary N) is 1. The van der Waals surface area contributed by atoms with Gasteiger partial charge in [0.25, 0.3) is 0 Å². The van der Waals surface area contributed by atoms with Crippen LogP contribution in [-0.2, 0) is 16.1 Å². The lowest BCUT2D eigenvalue weighted by Crippen LogP contribution is -2.42. The molecule has 2 aromatic heterocycles. The van der Waals surface area contributed by atoms with E-state index in [1.807, 2.05) is 29.8 Å². The third-order valence-corrected chi connectivity index (χ3v) is 4.31. The van der Waals surface area contributed by atoms with Gasteiger partial charge in [-0.05, 0) is 31.9 Å². The number of carbonyl (C=O) groups is 2. The molecule has 2 aromatic rings. The number of carbonyl (C=O) groups excluding carboxylic acids is 2. The Morgan fingerprint density at radius 2 is 2.12 bits per heavy atom. The molecule has 3 heterocycles. The summed E-state index contributed by atoms with van der Waals surface area (Å²) in [5, 5.41) is 2.94. The Morgan fingerprint density at radius 3 is 2.83 bits per heavy atom. The lowest BCUT2D eigenvalue weighted by molar-refractivity contribution is -0.132. The van der Waals surface area contributed by atoms with Crippen molar-refractivity contribution in [1.82, 2.24) is 24.6 Å². The van der Waals surface area contributed by atoms with E-state index in [4.69, 9.17) is 0 Å². The lowest BCUT2D eigenvalue weighted by atomic mass is 9.96. The molecule has 1 fully saturated rings. The Hall–Kier alpha value is -2.70. The van der Waals surface area contributed by atoms with Crippen LogP contribution in [0.25, 0.3) is 5.78 Å². The lowest BCUT2D eigenvalue weighted by Gasteiger charge is -2.30. The second-order valence-corrected chi connectivity index (χ2v) is 6.03. The molecule has 0 atom stereocenters. The fourth-order valence-corrected chi connectivity index (χ4v) is 2.91. The number of amides is 2. The van der Waals surface area contributed by atoms with Gasteiger partial charge in [0.1, 0.15) is 0 Å². The van der Waals surface area contributed by atoms with E-state index in [2.05, 4.69) is 21.9 Å². The molecule has 1 saturated heterocycles. The van der Waals surface area contributed by atoms with Gasteiger partial charge < -0.3 is 10.2 Å². The first kappa shape index (κ1) is 16.2. The Labute approximate surface area is 140 Å². The number of imidazole rings is 1. The Morgan fingerprint density at radius 1 is 1.38 bits per heavy atom. The molecule has 0 radical (unpaired) electrons. The van der Waals surface area contributed by atoms with Crippen LogP contribution in [0.5, 0.6) is 0 Å². The van der Waals surface area contributed by atoms with E-state index < -0.39 is 0 Å². The third kappa shape index (κ3) is 3.45. The number of piperidine rings is 1. The molecule has 0 unspecified atom stereocenters. The minimum atomic E-state index is -0.0682. The highest BCUT2D eigenvalue weighted by molar-refractivity contribution is 5.87. The maximum absolute atomic E-state index is 12.3. The van der Waals surface area contributed by atoms with Crippen molar-refractivity contribution in [2.75, 3.05) is 13.1 Å². The maximum Gasteiger partial charge on any atom is 0.245 e. The average molecular weight is 327 g/mol. The summed E-state index contributed by atoms with van der Waals surface area (Å²) in [5.74, 6) is 0.523. The van der Waals surface area contributed by atoms with Crippen LogP contribution < -0.4 is 5.32 Å². The average Bonchev–Trinajstić information content (AvgIpc) is 3.01. The Bertz CT molecular complexity index is 774. The summed E-state index contributed by atoms with van der Waals surface area (Å²) in [7, 11) is 0. The summed E-state index contributed by atoms with van der Waals surface area (Å²) in [6.07, 6.45) is 6.45. The smallest absolute Gasteiger partial charge is 0.245 e. The Balaban J connectivity index is 1.53. The van der Waals surface area contributed by atoms with Crippen molar-refractivity contribution < 1.29 is 9.59 Å². The molecule has 0 bridgehead atoms. The van der Waals surface area contributed by atoms with Gasteiger partial charge >= 0.3 is 0 Å². The van der Waals surface area contributed by atoms with Crippen molar-refractivity contribution in [3.05, 3.63) is 42.5 Å². The van der Waals surface area contributed by atoms with Gasteiger partial charge in [-0.2, -0.15) is 0 Å². The highest BCUT2D eigenvalue weighted by Crippen LogP contribution is 2.17. The first-order valence-electron chi connectivity index (χ1n) is 8.07. The van der Waals surface area contributed by atoms with E-state index in [0.29, 0.717) is 38.3 Å². The number of nitrogens with zero attached hydrogens (tertiary/aromatic N) is 4. The second kappa shape index (κ2) is 6.82. The summed E-state index contributed by atoms with van der Waals surface area (Å²) in [6.45, 7) is 6.99. The van der Waals surface area contributed by atoms with E-state index in [1.165, 1.54) is 6.08 Å². The van der Waals surface area contributed by atoms with Crippen LogP contribution in [0.4, 0.5) is 0 Å². The predicted molar refractivity (Wildman–Crippen MR) is 89.1 cm³/mol. The zero-order valence-electron chi connectivity index (χ0n) is 13.7. The molecule has 7 heteroatoms. The van der Waals surface area contributed by atoms with Crippen molar-refractivity contribution in [3.8, 4) is 0 Å². The van der Waals surface area contributed by atoms with Crippen LogP contribution in [0.3, 0.4) is 0 Å².